The Labute approximate surface area is 142 Å². The number of Topliss-reactive ketones (excluding diaryl/α,β-unsaturated/α-hetero) is 1. The lowest BCUT2D eigenvalue weighted by Gasteiger charge is -2.09. The van der Waals surface area contributed by atoms with E-state index in [1.165, 1.54) is 0 Å². The maximum Gasteiger partial charge on any atom is 0.185 e. The van der Waals surface area contributed by atoms with Gasteiger partial charge in [0.2, 0.25) is 0 Å². The van der Waals surface area contributed by atoms with Crippen LogP contribution in [0.3, 0.4) is 0 Å². The van der Waals surface area contributed by atoms with Crippen LogP contribution in [0.4, 0.5) is 0 Å². The van der Waals surface area contributed by atoms with Gasteiger partial charge >= 0.3 is 0 Å². The molecule has 0 saturated carbocycles. The van der Waals surface area contributed by atoms with E-state index in [1.807, 2.05) is 19.1 Å². The van der Waals surface area contributed by atoms with Gasteiger partial charge in [-0.1, -0.05) is 37.4 Å². The van der Waals surface area contributed by atoms with Crippen molar-refractivity contribution < 1.29 is 14.6 Å². The second-order valence-corrected chi connectivity index (χ2v) is 6.08. The number of carbonyl (C=O) groups excluding carboxylic acids is 1. The molecular formula is C19H23ClO3. The normalized spacial score (nSPS) is 16.0. The average molecular weight is 335 g/mol. The van der Waals surface area contributed by atoms with Crippen molar-refractivity contribution in [1.82, 2.24) is 0 Å². The molecule has 1 N–H and O–H groups in total. The van der Waals surface area contributed by atoms with Crippen molar-refractivity contribution in [2.45, 2.75) is 46.0 Å². The first-order chi connectivity index (χ1) is 11.1. The molecule has 0 saturated heterocycles. The molecule has 124 valence electrons. The molecule has 23 heavy (non-hydrogen) atoms. The van der Waals surface area contributed by atoms with Gasteiger partial charge in [-0.05, 0) is 55.5 Å². The second kappa shape index (κ2) is 8.21. The average Bonchev–Trinajstić information content (AvgIpc) is 2.86. The Balaban J connectivity index is 2.15. The zero-order chi connectivity index (χ0) is 16.8. The van der Waals surface area contributed by atoms with Crippen molar-refractivity contribution >= 4 is 23.5 Å². The Morgan fingerprint density at radius 3 is 2.78 bits per heavy atom. The topological polar surface area (TPSA) is 46.5 Å². The van der Waals surface area contributed by atoms with Crippen molar-refractivity contribution in [2.24, 2.45) is 0 Å². The SMILES string of the molecule is CCCCCC1=CC/C(=C\c2cc(Cl)c(O)c(OCC)c2)C1=O. The minimum absolute atomic E-state index is 0.0632. The highest BCUT2D eigenvalue weighted by Gasteiger charge is 2.20. The maximum absolute atomic E-state index is 12.4. The Morgan fingerprint density at radius 1 is 1.30 bits per heavy atom. The van der Waals surface area contributed by atoms with Gasteiger partial charge < -0.3 is 9.84 Å². The van der Waals surface area contributed by atoms with Gasteiger partial charge in [0.15, 0.2) is 17.3 Å². The molecule has 0 bridgehead atoms. The molecule has 0 amide bonds. The standard InChI is InChI=1S/C19H23ClO3/c1-3-5-6-7-14-8-9-15(18(14)21)10-13-11-16(20)19(22)17(12-13)23-4-2/h8,10-12,22H,3-7,9H2,1-2H3/b15-10+. The molecule has 1 aliphatic rings. The molecule has 1 aliphatic carbocycles. The quantitative estimate of drug-likeness (QED) is 0.543. The van der Waals surface area contributed by atoms with E-state index < -0.39 is 0 Å². The minimum Gasteiger partial charge on any atom is -0.503 e. The molecule has 0 radical (unpaired) electrons. The van der Waals surface area contributed by atoms with Crippen molar-refractivity contribution in [3.63, 3.8) is 0 Å². The van der Waals surface area contributed by atoms with E-state index in [2.05, 4.69) is 6.92 Å². The molecule has 0 aromatic heterocycles. The number of ether oxygens (including phenoxy) is 1. The van der Waals surface area contributed by atoms with Crippen LogP contribution < -0.4 is 4.74 Å². The van der Waals surface area contributed by atoms with Gasteiger partial charge in [-0.15, -0.1) is 0 Å². The molecular weight excluding hydrogens is 312 g/mol. The van der Waals surface area contributed by atoms with Crippen LogP contribution >= 0.6 is 11.6 Å². The first kappa shape index (κ1) is 17.6. The van der Waals surface area contributed by atoms with Gasteiger partial charge in [-0.2, -0.15) is 0 Å². The molecule has 4 heteroatoms. The number of benzene rings is 1. The number of unbranched alkanes of at least 4 members (excludes halogenated alkanes) is 2. The zero-order valence-electron chi connectivity index (χ0n) is 13.7. The van der Waals surface area contributed by atoms with Crippen LogP contribution in [0.1, 0.15) is 51.5 Å². The smallest absolute Gasteiger partial charge is 0.185 e. The highest BCUT2D eigenvalue weighted by atomic mass is 35.5. The molecule has 0 spiro atoms. The van der Waals surface area contributed by atoms with Crippen molar-refractivity contribution in [3.05, 3.63) is 39.9 Å². The lowest BCUT2D eigenvalue weighted by Crippen LogP contribution is -2.00. The van der Waals surface area contributed by atoms with Crippen molar-refractivity contribution in [2.75, 3.05) is 6.61 Å². The van der Waals surface area contributed by atoms with Gasteiger partial charge in [-0.25, -0.2) is 0 Å². The number of hydrogen-bond acceptors (Lipinski definition) is 3. The highest BCUT2D eigenvalue weighted by molar-refractivity contribution is 6.32. The number of phenolic OH excluding ortho intramolecular Hbond substituents is 1. The van der Waals surface area contributed by atoms with Crippen molar-refractivity contribution in [3.8, 4) is 11.5 Å². The maximum atomic E-state index is 12.4. The first-order valence-electron chi connectivity index (χ1n) is 8.16. The summed E-state index contributed by atoms with van der Waals surface area (Å²) >= 11 is 6.03. The van der Waals surface area contributed by atoms with Crippen LogP contribution in [-0.4, -0.2) is 17.5 Å². The largest absolute Gasteiger partial charge is 0.503 e. The monoisotopic (exact) mass is 334 g/mol. The summed E-state index contributed by atoms with van der Waals surface area (Å²) in [4.78, 5) is 12.4. The molecule has 2 rings (SSSR count). The third-order valence-electron chi connectivity index (χ3n) is 3.89. The van der Waals surface area contributed by atoms with Crippen LogP contribution in [0.25, 0.3) is 6.08 Å². The van der Waals surface area contributed by atoms with Crippen LogP contribution in [0.15, 0.2) is 29.4 Å². The summed E-state index contributed by atoms with van der Waals surface area (Å²) in [6.07, 6.45) is 8.72. The Hall–Kier alpha value is -1.74. The van der Waals surface area contributed by atoms with Crippen LogP contribution in [0, 0.1) is 0 Å². The van der Waals surface area contributed by atoms with Gasteiger partial charge in [0, 0.05) is 5.57 Å². The first-order valence-corrected chi connectivity index (χ1v) is 8.54. The molecule has 0 atom stereocenters. The fraction of sp³-hybridized carbons (Fsp3) is 0.421. The van der Waals surface area contributed by atoms with Gasteiger partial charge in [0.25, 0.3) is 0 Å². The summed E-state index contributed by atoms with van der Waals surface area (Å²) in [6.45, 7) is 4.43. The van der Waals surface area contributed by atoms with Gasteiger partial charge in [0.05, 0.1) is 11.6 Å². The van der Waals surface area contributed by atoms with Gasteiger partial charge in [0.1, 0.15) is 0 Å². The molecule has 0 heterocycles. The van der Waals surface area contributed by atoms with E-state index >= 15 is 0 Å². The number of ketones is 1. The Morgan fingerprint density at radius 2 is 2.09 bits per heavy atom. The second-order valence-electron chi connectivity index (χ2n) is 5.67. The van der Waals surface area contributed by atoms with Crippen molar-refractivity contribution in [1.29, 1.82) is 0 Å². The molecule has 0 unspecified atom stereocenters. The minimum atomic E-state index is -0.0632. The van der Waals surface area contributed by atoms with Crippen LogP contribution in [0.5, 0.6) is 11.5 Å². The van der Waals surface area contributed by atoms with E-state index in [4.69, 9.17) is 16.3 Å². The van der Waals surface area contributed by atoms with E-state index in [1.54, 1.807) is 12.1 Å². The third-order valence-corrected chi connectivity index (χ3v) is 4.18. The van der Waals surface area contributed by atoms with E-state index in [-0.39, 0.29) is 16.6 Å². The molecule has 0 aliphatic heterocycles. The summed E-state index contributed by atoms with van der Waals surface area (Å²) < 4.78 is 5.37. The predicted octanol–water partition coefficient (Wildman–Crippen LogP) is 5.31. The summed E-state index contributed by atoms with van der Waals surface area (Å²) in [7, 11) is 0. The molecule has 1 aromatic rings. The number of aromatic hydroxyl groups is 1. The number of allylic oxidation sites excluding steroid dienone is 3. The Bertz CT molecular complexity index is 644. The lowest BCUT2D eigenvalue weighted by atomic mass is 10.0. The zero-order valence-corrected chi connectivity index (χ0v) is 14.4. The highest BCUT2D eigenvalue weighted by Crippen LogP contribution is 2.36. The molecule has 1 aromatic carbocycles. The fourth-order valence-corrected chi connectivity index (χ4v) is 2.89. The summed E-state index contributed by atoms with van der Waals surface area (Å²) in [5, 5.41) is 10.1. The van der Waals surface area contributed by atoms with Crippen LogP contribution in [0.2, 0.25) is 5.02 Å². The molecule has 0 fully saturated rings. The third kappa shape index (κ3) is 4.38. The number of halogens is 1. The number of phenols is 1. The van der Waals surface area contributed by atoms with Crippen LogP contribution in [-0.2, 0) is 4.79 Å². The number of carbonyl (C=O) groups is 1. The number of hydrogen-bond donors (Lipinski definition) is 1. The summed E-state index contributed by atoms with van der Waals surface area (Å²) in [5.74, 6) is 0.406. The van der Waals surface area contributed by atoms with E-state index in [9.17, 15) is 9.90 Å². The molecule has 3 nitrogen and oxygen atoms in total. The van der Waals surface area contributed by atoms with E-state index in [0.29, 0.717) is 18.8 Å². The van der Waals surface area contributed by atoms with Gasteiger partial charge in [-0.3, -0.25) is 4.79 Å². The Kier molecular flexibility index (Phi) is 6.28. The number of rotatable bonds is 7. The lowest BCUT2D eigenvalue weighted by molar-refractivity contribution is -0.112. The van der Waals surface area contributed by atoms with E-state index in [0.717, 1.165) is 42.4 Å². The fourth-order valence-electron chi connectivity index (χ4n) is 2.67. The summed E-state index contributed by atoms with van der Waals surface area (Å²) in [6, 6.07) is 3.36. The summed E-state index contributed by atoms with van der Waals surface area (Å²) in [5.41, 5.74) is 2.45. The predicted molar refractivity (Wildman–Crippen MR) is 94.1 cm³/mol.